The molecule has 1 aromatic carbocycles. The first-order valence-electron chi connectivity index (χ1n) is 8.27. The number of nitrogens with zero attached hydrogens (tertiary/aromatic N) is 2. The zero-order chi connectivity index (χ0) is 15.7. The molecule has 2 nitrogen and oxygen atoms in total. The summed E-state index contributed by atoms with van der Waals surface area (Å²) >= 11 is 3.92. The quantitative estimate of drug-likeness (QED) is 0.734. The molecule has 0 atom stereocenters. The third-order valence-corrected chi connectivity index (χ3v) is 7.32. The molecule has 0 fully saturated rings. The standard InChI is InChI=1S/C18H24N2S2/c1-5-7-8-9-13-15-14(19-10-20-15)12(6-2)16-17(13)22-18(21-16)11(3)4/h5-10H2,1-4H3. The van der Waals surface area contributed by atoms with Crippen LogP contribution in [0.15, 0.2) is 29.6 Å². The number of benzene rings is 1. The zero-order valence-electron chi connectivity index (χ0n) is 14.0. The van der Waals surface area contributed by atoms with E-state index in [9.17, 15) is 0 Å². The summed E-state index contributed by atoms with van der Waals surface area (Å²) in [6.45, 7) is 9.56. The van der Waals surface area contributed by atoms with Gasteiger partial charge in [-0.15, -0.1) is 0 Å². The van der Waals surface area contributed by atoms with Crippen molar-refractivity contribution in [1.29, 1.82) is 0 Å². The third-order valence-electron chi connectivity index (χ3n) is 4.19. The van der Waals surface area contributed by atoms with E-state index in [-0.39, 0.29) is 0 Å². The number of rotatable bonds is 5. The van der Waals surface area contributed by atoms with Crippen LogP contribution in [0.1, 0.15) is 58.1 Å². The van der Waals surface area contributed by atoms with Crippen LogP contribution in [0.5, 0.6) is 0 Å². The fourth-order valence-electron chi connectivity index (χ4n) is 3.03. The minimum atomic E-state index is 0.622. The van der Waals surface area contributed by atoms with Crippen LogP contribution in [0.25, 0.3) is 0 Å². The minimum Gasteiger partial charge on any atom is -0.259 e. The van der Waals surface area contributed by atoms with Crippen molar-refractivity contribution in [1.82, 2.24) is 0 Å². The van der Waals surface area contributed by atoms with Crippen LogP contribution in [-0.4, -0.2) is 6.67 Å². The first-order valence-corrected chi connectivity index (χ1v) is 9.90. The Morgan fingerprint density at radius 3 is 2.18 bits per heavy atom. The minimum absolute atomic E-state index is 0.622. The summed E-state index contributed by atoms with van der Waals surface area (Å²) in [5.41, 5.74) is 4.30. The van der Waals surface area contributed by atoms with Crippen LogP contribution < -0.4 is 10.7 Å². The number of unbranched alkanes of at least 4 members (excludes halogenated alkanes) is 2. The van der Waals surface area contributed by atoms with E-state index in [0.29, 0.717) is 6.67 Å². The molecular weight excluding hydrogens is 308 g/mol. The molecule has 22 heavy (non-hydrogen) atoms. The Balaban J connectivity index is 2.16. The van der Waals surface area contributed by atoms with E-state index in [2.05, 4.69) is 27.7 Å². The largest absolute Gasteiger partial charge is 0.259 e. The second-order valence-electron chi connectivity index (χ2n) is 6.07. The van der Waals surface area contributed by atoms with Gasteiger partial charge in [0.15, 0.2) is 0 Å². The Kier molecular flexibility index (Phi) is 4.98. The SMILES string of the molecule is CCCCCc1c2c(c(CC)c3c1=NCN=3)SC(=C(C)C)S2. The van der Waals surface area contributed by atoms with E-state index in [1.54, 1.807) is 0 Å². The van der Waals surface area contributed by atoms with E-state index in [1.165, 1.54) is 60.7 Å². The van der Waals surface area contributed by atoms with E-state index < -0.39 is 0 Å². The molecule has 4 heteroatoms. The van der Waals surface area contributed by atoms with Gasteiger partial charge in [-0.05, 0) is 44.2 Å². The highest BCUT2D eigenvalue weighted by molar-refractivity contribution is 8.24. The normalized spacial score (nSPS) is 15.4. The summed E-state index contributed by atoms with van der Waals surface area (Å²) in [6, 6.07) is 0. The van der Waals surface area contributed by atoms with Crippen molar-refractivity contribution in [3.8, 4) is 0 Å². The average Bonchev–Trinajstić information content (AvgIpc) is 3.13. The molecule has 0 aromatic heterocycles. The lowest BCUT2D eigenvalue weighted by Gasteiger charge is -2.10. The molecule has 0 N–H and O–H groups in total. The highest BCUT2D eigenvalue weighted by Crippen LogP contribution is 2.54. The van der Waals surface area contributed by atoms with E-state index in [1.807, 2.05) is 23.5 Å². The van der Waals surface area contributed by atoms with Gasteiger partial charge in [0, 0.05) is 14.0 Å². The van der Waals surface area contributed by atoms with Crippen molar-refractivity contribution >= 4 is 23.5 Å². The van der Waals surface area contributed by atoms with Crippen molar-refractivity contribution in [3.05, 3.63) is 31.7 Å². The summed E-state index contributed by atoms with van der Waals surface area (Å²) in [5.74, 6) is 0. The second-order valence-corrected chi connectivity index (χ2v) is 8.37. The number of fused-ring (bicyclic) bond motifs is 2. The number of allylic oxidation sites excluding steroid dienone is 1. The summed E-state index contributed by atoms with van der Waals surface area (Å²) in [6.07, 6.45) is 6.00. The summed E-state index contributed by atoms with van der Waals surface area (Å²) < 4.78 is 1.45. The van der Waals surface area contributed by atoms with Crippen molar-refractivity contribution in [3.63, 3.8) is 0 Å². The lowest BCUT2D eigenvalue weighted by molar-refractivity contribution is 0.703. The van der Waals surface area contributed by atoms with Crippen molar-refractivity contribution in [2.75, 3.05) is 6.67 Å². The second kappa shape index (κ2) is 6.79. The van der Waals surface area contributed by atoms with Gasteiger partial charge in [0.25, 0.3) is 0 Å². The maximum atomic E-state index is 4.73. The van der Waals surface area contributed by atoms with Gasteiger partial charge in [-0.3, -0.25) is 9.98 Å². The maximum absolute atomic E-state index is 4.73. The first-order chi connectivity index (χ1) is 10.7. The molecule has 0 amide bonds. The van der Waals surface area contributed by atoms with Gasteiger partial charge in [0.05, 0.1) is 10.7 Å². The summed E-state index contributed by atoms with van der Waals surface area (Å²) in [7, 11) is 0. The highest BCUT2D eigenvalue weighted by Gasteiger charge is 2.27. The monoisotopic (exact) mass is 332 g/mol. The number of hydrogen-bond donors (Lipinski definition) is 0. The summed E-state index contributed by atoms with van der Waals surface area (Å²) in [4.78, 5) is 12.4. The first kappa shape index (κ1) is 16.1. The third kappa shape index (κ3) is 2.76. The molecule has 0 unspecified atom stereocenters. The number of thioether (sulfide) groups is 2. The topological polar surface area (TPSA) is 24.7 Å². The Labute approximate surface area is 141 Å². The zero-order valence-corrected chi connectivity index (χ0v) is 15.6. The smallest absolute Gasteiger partial charge is 0.130 e. The molecule has 0 radical (unpaired) electrons. The molecule has 0 saturated heterocycles. The van der Waals surface area contributed by atoms with Crippen molar-refractivity contribution in [2.45, 2.75) is 69.6 Å². The molecule has 0 saturated carbocycles. The molecule has 2 heterocycles. The Morgan fingerprint density at radius 1 is 0.955 bits per heavy atom. The van der Waals surface area contributed by atoms with Gasteiger partial charge < -0.3 is 0 Å². The Morgan fingerprint density at radius 2 is 1.59 bits per heavy atom. The molecule has 0 bridgehead atoms. The molecule has 2 aliphatic heterocycles. The van der Waals surface area contributed by atoms with Gasteiger partial charge in [-0.2, -0.15) is 0 Å². The highest BCUT2D eigenvalue weighted by atomic mass is 32.2. The molecule has 1 aromatic rings. The van der Waals surface area contributed by atoms with Gasteiger partial charge in [-0.1, -0.05) is 55.8 Å². The predicted molar refractivity (Wildman–Crippen MR) is 96.3 cm³/mol. The van der Waals surface area contributed by atoms with E-state index >= 15 is 0 Å². The number of hydrogen-bond acceptors (Lipinski definition) is 4. The van der Waals surface area contributed by atoms with Crippen LogP contribution in [0.2, 0.25) is 0 Å². The maximum Gasteiger partial charge on any atom is 0.130 e. The van der Waals surface area contributed by atoms with Crippen LogP contribution in [0.4, 0.5) is 0 Å². The van der Waals surface area contributed by atoms with Crippen LogP contribution in [0.3, 0.4) is 0 Å². The molecule has 2 aliphatic rings. The van der Waals surface area contributed by atoms with Gasteiger partial charge in [0.2, 0.25) is 0 Å². The van der Waals surface area contributed by atoms with Gasteiger partial charge >= 0.3 is 0 Å². The van der Waals surface area contributed by atoms with E-state index in [4.69, 9.17) is 9.98 Å². The average molecular weight is 333 g/mol. The Bertz CT molecular complexity index is 744. The van der Waals surface area contributed by atoms with Crippen molar-refractivity contribution < 1.29 is 0 Å². The van der Waals surface area contributed by atoms with Crippen molar-refractivity contribution in [2.24, 2.45) is 9.98 Å². The van der Waals surface area contributed by atoms with Crippen LogP contribution >= 0.6 is 23.5 Å². The predicted octanol–water partition coefficient (Wildman–Crippen LogP) is 4.64. The molecule has 118 valence electrons. The lowest BCUT2D eigenvalue weighted by Crippen LogP contribution is -2.31. The molecule has 0 spiro atoms. The lowest BCUT2D eigenvalue weighted by atomic mass is 10.0. The van der Waals surface area contributed by atoms with Crippen LogP contribution in [0, 0.1) is 0 Å². The Hall–Kier alpha value is -0.740. The molecule has 3 rings (SSSR count). The van der Waals surface area contributed by atoms with E-state index in [0.717, 1.165) is 12.8 Å². The fourth-order valence-corrected chi connectivity index (χ4v) is 5.84. The van der Waals surface area contributed by atoms with Crippen LogP contribution in [-0.2, 0) is 12.8 Å². The summed E-state index contributed by atoms with van der Waals surface area (Å²) in [5, 5.41) is 2.39. The molecule has 0 aliphatic carbocycles. The molecular formula is C18H24N2S2. The van der Waals surface area contributed by atoms with Gasteiger partial charge in [0.1, 0.15) is 6.67 Å². The fraction of sp³-hybridized carbons (Fsp3) is 0.556. The van der Waals surface area contributed by atoms with Gasteiger partial charge in [-0.25, -0.2) is 0 Å².